The Kier molecular flexibility index (Phi) is 3.11. The van der Waals surface area contributed by atoms with Crippen LogP contribution in [0.1, 0.15) is 5.56 Å². The molecule has 0 amide bonds. The number of rotatable bonds is 1. The van der Waals surface area contributed by atoms with Gasteiger partial charge in [0.2, 0.25) is 0 Å². The fraction of sp³-hybridized carbons (Fsp3) is 0.0400. The molecule has 0 heterocycles. The number of hydrogen-bond donors (Lipinski definition) is 0. The van der Waals surface area contributed by atoms with Crippen molar-refractivity contribution in [1.29, 1.82) is 0 Å². The van der Waals surface area contributed by atoms with Gasteiger partial charge in [-0.25, -0.2) is 0 Å². The second kappa shape index (κ2) is 5.46. The summed E-state index contributed by atoms with van der Waals surface area (Å²) in [5.41, 5.74) is 4.02. The Bertz CT molecular complexity index is 1190. The smallest absolute Gasteiger partial charge is 0.00179 e. The van der Waals surface area contributed by atoms with E-state index in [2.05, 4.69) is 97.9 Å². The second-order valence-corrected chi connectivity index (χ2v) is 6.67. The Hall–Kier alpha value is -3.12. The number of benzene rings is 5. The molecular weight excluding hydrogens is 300 g/mol. The van der Waals surface area contributed by atoms with Gasteiger partial charge in [-0.05, 0) is 62.0 Å². The molecule has 0 aliphatic rings. The van der Waals surface area contributed by atoms with Crippen LogP contribution in [0, 0.1) is 6.92 Å². The molecule has 5 aromatic rings. The van der Waals surface area contributed by atoms with Crippen LogP contribution in [0.15, 0.2) is 91.0 Å². The van der Waals surface area contributed by atoms with E-state index < -0.39 is 0 Å². The fourth-order valence-electron chi connectivity index (χ4n) is 4.00. The van der Waals surface area contributed by atoms with Crippen LogP contribution in [0.5, 0.6) is 0 Å². The molecule has 0 heteroatoms. The Morgan fingerprint density at radius 1 is 0.440 bits per heavy atom. The Labute approximate surface area is 147 Å². The van der Waals surface area contributed by atoms with Gasteiger partial charge in [0.15, 0.2) is 0 Å². The first-order chi connectivity index (χ1) is 12.3. The third-order valence-corrected chi connectivity index (χ3v) is 5.16. The van der Waals surface area contributed by atoms with Gasteiger partial charge in [0.1, 0.15) is 0 Å². The van der Waals surface area contributed by atoms with E-state index in [1.165, 1.54) is 49.0 Å². The number of hydrogen-bond acceptors (Lipinski definition) is 0. The van der Waals surface area contributed by atoms with Gasteiger partial charge in [0.05, 0.1) is 0 Å². The molecule has 0 spiro atoms. The van der Waals surface area contributed by atoms with E-state index in [0.717, 1.165) is 0 Å². The third kappa shape index (κ3) is 2.15. The summed E-state index contributed by atoms with van der Waals surface area (Å²) in [5.74, 6) is 0. The minimum absolute atomic E-state index is 1.29. The molecule has 0 saturated heterocycles. The van der Waals surface area contributed by atoms with Gasteiger partial charge in [0, 0.05) is 0 Å². The van der Waals surface area contributed by atoms with Crippen molar-refractivity contribution in [2.75, 3.05) is 0 Å². The molecule has 118 valence electrons. The van der Waals surface area contributed by atoms with E-state index in [-0.39, 0.29) is 0 Å². The topological polar surface area (TPSA) is 0 Å². The van der Waals surface area contributed by atoms with Gasteiger partial charge in [-0.2, -0.15) is 0 Å². The Morgan fingerprint density at radius 2 is 0.920 bits per heavy atom. The fourth-order valence-corrected chi connectivity index (χ4v) is 4.00. The molecule has 0 aliphatic carbocycles. The first kappa shape index (κ1) is 14.2. The van der Waals surface area contributed by atoms with Gasteiger partial charge >= 0.3 is 0 Å². The summed E-state index contributed by atoms with van der Waals surface area (Å²) in [7, 11) is 0. The Morgan fingerprint density at radius 3 is 1.52 bits per heavy atom. The lowest BCUT2D eigenvalue weighted by Crippen LogP contribution is -1.90. The molecular formula is C25H18. The van der Waals surface area contributed by atoms with Crippen LogP contribution in [0.3, 0.4) is 0 Å². The Balaban J connectivity index is 2.07. The summed E-state index contributed by atoms with van der Waals surface area (Å²) in [6.45, 7) is 2.22. The minimum Gasteiger partial charge on any atom is -0.0616 e. The van der Waals surface area contributed by atoms with Crippen molar-refractivity contribution in [1.82, 2.24) is 0 Å². The molecule has 0 unspecified atom stereocenters. The molecule has 0 fully saturated rings. The number of aryl methyl sites for hydroxylation is 1. The molecule has 0 N–H and O–H groups in total. The summed E-state index contributed by atoms with van der Waals surface area (Å²) in [5, 5.41) is 7.84. The standard InChI is InChI=1S/C25H18/c1-17-14-15-18-8-2-5-11-21(18)24(17)25-22-12-6-3-9-19(22)16-20-10-4-7-13-23(20)25/h2-16H,1H3. The molecule has 0 bridgehead atoms. The average molecular weight is 318 g/mol. The van der Waals surface area contributed by atoms with Gasteiger partial charge < -0.3 is 0 Å². The summed E-state index contributed by atoms with van der Waals surface area (Å²) >= 11 is 0. The molecule has 0 nitrogen and oxygen atoms in total. The lowest BCUT2D eigenvalue weighted by Gasteiger charge is -2.16. The van der Waals surface area contributed by atoms with Crippen LogP contribution >= 0.6 is 0 Å². The van der Waals surface area contributed by atoms with E-state index >= 15 is 0 Å². The monoisotopic (exact) mass is 318 g/mol. The van der Waals surface area contributed by atoms with Crippen LogP contribution in [-0.2, 0) is 0 Å². The van der Waals surface area contributed by atoms with Gasteiger partial charge in [0.25, 0.3) is 0 Å². The van der Waals surface area contributed by atoms with Crippen molar-refractivity contribution >= 4 is 32.3 Å². The maximum absolute atomic E-state index is 2.30. The van der Waals surface area contributed by atoms with Crippen LogP contribution in [0.4, 0.5) is 0 Å². The van der Waals surface area contributed by atoms with Gasteiger partial charge in [-0.1, -0.05) is 84.9 Å². The van der Waals surface area contributed by atoms with Gasteiger partial charge in [-0.3, -0.25) is 0 Å². The van der Waals surface area contributed by atoms with E-state index in [0.29, 0.717) is 0 Å². The van der Waals surface area contributed by atoms with Crippen LogP contribution in [0.25, 0.3) is 43.4 Å². The van der Waals surface area contributed by atoms with E-state index in [9.17, 15) is 0 Å². The molecule has 0 saturated carbocycles. The zero-order chi connectivity index (χ0) is 16.8. The van der Waals surface area contributed by atoms with Crippen LogP contribution in [-0.4, -0.2) is 0 Å². The van der Waals surface area contributed by atoms with Crippen molar-refractivity contribution in [2.45, 2.75) is 6.92 Å². The molecule has 5 aromatic carbocycles. The SMILES string of the molecule is Cc1ccc2ccccc2c1-c1c2ccccc2cc2ccccc12. The molecule has 0 aromatic heterocycles. The maximum Gasteiger partial charge on any atom is -0.00179 e. The van der Waals surface area contributed by atoms with Crippen molar-refractivity contribution in [3.63, 3.8) is 0 Å². The lowest BCUT2D eigenvalue weighted by molar-refractivity contribution is 1.50. The van der Waals surface area contributed by atoms with Crippen molar-refractivity contribution < 1.29 is 0 Å². The van der Waals surface area contributed by atoms with Crippen molar-refractivity contribution in [3.8, 4) is 11.1 Å². The zero-order valence-electron chi connectivity index (χ0n) is 14.2. The quantitative estimate of drug-likeness (QED) is 0.289. The average Bonchev–Trinajstić information content (AvgIpc) is 2.67. The normalized spacial score (nSPS) is 11.4. The summed E-state index contributed by atoms with van der Waals surface area (Å²) in [4.78, 5) is 0. The van der Waals surface area contributed by atoms with E-state index in [4.69, 9.17) is 0 Å². The summed E-state index contributed by atoms with van der Waals surface area (Å²) < 4.78 is 0. The highest BCUT2D eigenvalue weighted by molar-refractivity contribution is 6.17. The molecule has 5 rings (SSSR count). The minimum atomic E-state index is 1.29. The summed E-state index contributed by atoms with van der Waals surface area (Å²) in [6, 6.07) is 32.9. The predicted octanol–water partition coefficient (Wildman–Crippen LogP) is 7.12. The number of fused-ring (bicyclic) bond motifs is 3. The maximum atomic E-state index is 2.30. The predicted molar refractivity (Wildman–Crippen MR) is 109 cm³/mol. The van der Waals surface area contributed by atoms with Crippen LogP contribution in [0.2, 0.25) is 0 Å². The molecule has 0 atom stereocenters. The molecule has 0 aliphatic heterocycles. The first-order valence-electron chi connectivity index (χ1n) is 8.72. The molecule has 0 radical (unpaired) electrons. The van der Waals surface area contributed by atoms with Crippen molar-refractivity contribution in [2.24, 2.45) is 0 Å². The highest BCUT2D eigenvalue weighted by atomic mass is 14.2. The molecule has 25 heavy (non-hydrogen) atoms. The van der Waals surface area contributed by atoms with Crippen LogP contribution < -0.4 is 0 Å². The largest absolute Gasteiger partial charge is 0.0616 e. The lowest BCUT2D eigenvalue weighted by atomic mass is 9.87. The highest BCUT2D eigenvalue weighted by Crippen LogP contribution is 2.41. The van der Waals surface area contributed by atoms with E-state index in [1.54, 1.807) is 0 Å². The first-order valence-corrected chi connectivity index (χ1v) is 8.72. The van der Waals surface area contributed by atoms with Crippen molar-refractivity contribution in [3.05, 3.63) is 96.6 Å². The van der Waals surface area contributed by atoms with Gasteiger partial charge in [-0.15, -0.1) is 0 Å². The zero-order valence-corrected chi connectivity index (χ0v) is 14.2. The highest BCUT2D eigenvalue weighted by Gasteiger charge is 2.14. The third-order valence-electron chi connectivity index (χ3n) is 5.16. The summed E-state index contributed by atoms with van der Waals surface area (Å²) in [6.07, 6.45) is 0. The second-order valence-electron chi connectivity index (χ2n) is 6.67. The van der Waals surface area contributed by atoms with E-state index in [1.807, 2.05) is 0 Å².